The largest absolute Gasteiger partial charge is 0.507 e. The highest BCUT2D eigenvalue weighted by molar-refractivity contribution is 7.09. The van der Waals surface area contributed by atoms with Crippen LogP contribution in [0.3, 0.4) is 0 Å². The van der Waals surface area contributed by atoms with Crippen LogP contribution in [0, 0.1) is 13.8 Å². The fourth-order valence-electron chi connectivity index (χ4n) is 4.68. The number of carbonyl (C=O) groups excluding carboxylic acids is 2. The summed E-state index contributed by atoms with van der Waals surface area (Å²) in [5.74, 6) is -0.779. The summed E-state index contributed by atoms with van der Waals surface area (Å²) in [7, 11) is 0. The van der Waals surface area contributed by atoms with Gasteiger partial charge in [-0.25, -0.2) is 0 Å². The average molecular weight is 510 g/mol. The van der Waals surface area contributed by atoms with Gasteiger partial charge in [0.05, 0.1) is 18.2 Å². The van der Waals surface area contributed by atoms with Gasteiger partial charge < -0.3 is 14.7 Å². The van der Waals surface area contributed by atoms with Crippen molar-refractivity contribution in [2.45, 2.75) is 33.0 Å². The van der Waals surface area contributed by atoms with Crippen LogP contribution in [0.25, 0.3) is 5.76 Å². The zero-order chi connectivity index (χ0) is 25.9. The Hall–Kier alpha value is -4.16. The van der Waals surface area contributed by atoms with E-state index in [1.807, 2.05) is 86.0 Å². The van der Waals surface area contributed by atoms with Gasteiger partial charge in [-0.1, -0.05) is 60.7 Å². The van der Waals surface area contributed by atoms with Crippen LogP contribution in [0.15, 0.2) is 95.9 Å². The Kier molecular flexibility index (Phi) is 6.93. The van der Waals surface area contributed by atoms with Crippen LogP contribution in [0.4, 0.5) is 0 Å². The highest BCUT2D eigenvalue weighted by Gasteiger charge is 2.46. The zero-order valence-corrected chi connectivity index (χ0v) is 21.5. The first-order valence-electron chi connectivity index (χ1n) is 12.1. The van der Waals surface area contributed by atoms with Crippen LogP contribution in [0.5, 0.6) is 5.75 Å². The Bertz CT molecular complexity index is 1470. The van der Waals surface area contributed by atoms with Crippen molar-refractivity contribution in [3.05, 3.63) is 129 Å². The topological polar surface area (TPSA) is 66.8 Å². The number of nitrogens with zero attached hydrogens (tertiary/aromatic N) is 1. The maximum atomic E-state index is 13.3. The summed E-state index contributed by atoms with van der Waals surface area (Å²) in [5, 5.41) is 13.4. The molecule has 1 aliphatic rings. The quantitative estimate of drug-likeness (QED) is 0.174. The molecule has 2 heterocycles. The minimum absolute atomic E-state index is 0.105. The number of hydrogen-bond donors (Lipinski definition) is 1. The number of benzene rings is 3. The molecule has 1 aromatic heterocycles. The third-order valence-corrected chi connectivity index (χ3v) is 7.48. The van der Waals surface area contributed by atoms with Crippen molar-refractivity contribution in [1.82, 2.24) is 4.90 Å². The number of aliphatic hydroxyl groups excluding tert-OH is 1. The summed E-state index contributed by atoms with van der Waals surface area (Å²) in [6.07, 6.45) is 0. The van der Waals surface area contributed by atoms with Gasteiger partial charge in [0, 0.05) is 10.4 Å². The molecule has 1 atom stereocenters. The second-order valence-corrected chi connectivity index (χ2v) is 10.1. The van der Waals surface area contributed by atoms with E-state index in [9.17, 15) is 14.7 Å². The Morgan fingerprint density at radius 3 is 2.38 bits per heavy atom. The molecule has 1 unspecified atom stereocenters. The van der Waals surface area contributed by atoms with Gasteiger partial charge in [-0.15, -0.1) is 11.3 Å². The number of ether oxygens (including phenoxy) is 1. The third kappa shape index (κ3) is 4.93. The van der Waals surface area contributed by atoms with Gasteiger partial charge in [-0.2, -0.15) is 0 Å². The molecule has 0 aliphatic carbocycles. The highest BCUT2D eigenvalue weighted by atomic mass is 32.1. The van der Waals surface area contributed by atoms with E-state index in [-0.39, 0.29) is 11.3 Å². The summed E-state index contributed by atoms with van der Waals surface area (Å²) in [6.45, 7) is 4.56. The van der Waals surface area contributed by atoms with Crippen LogP contribution < -0.4 is 4.74 Å². The molecule has 0 bridgehead atoms. The second-order valence-electron chi connectivity index (χ2n) is 9.12. The van der Waals surface area contributed by atoms with Crippen LogP contribution in [-0.2, 0) is 22.7 Å². The molecule has 6 heteroatoms. The second kappa shape index (κ2) is 10.4. The SMILES string of the molecule is Cc1cc(/C(O)=C2\C(=O)C(=O)N(Cc3cccs3)C2c2ccccc2C)ccc1OCc1ccccc1. The third-order valence-electron chi connectivity index (χ3n) is 6.61. The van der Waals surface area contributed by atoms with Gasteiger partial charge in [0.1, 0.15) is 18.1 Å². The summed E-state index contributed by atoms with van der Waals surface area (Å²) in [4.78, 5) is 29.1. The van der Waals surface area contributed by atoms with E-state index in [1.165, 1.54) is 11.3 Å². The minimum atomic E-state index is -0.683. The Morgan fingerprint density at radius 2 is 1.68 bits per heavy atom. The number of rotatable bonds is 7. The van der Waals surface area contributed by atoms with E-state index < -0.39 is 17.7 Å². The van der Waals surface area contributed by atoms with E-state index in [1.54, 1.807) is 23.1 Å². The maximum Gasteiger partial charge on any atom is 0.295 e. The summed E-state index contributed by atoms with van der Waals surface area (Å²) < 4.78 is 5.98. The predicted molar refractivity (Wildman–Crippen MR) is 145 cm³/mol. The molecular formula is C31H27NO4S. The first kappa shape index (κ1) is 24.5. The number of ketones is 1. The van der Waals surface area contributed by atoms with Gasteiger partial charge >= 0.3 is 0 Å². The van der Waals surface area contributed by atoms with E-state index in [4.69, 9.17) is 4.74 Å². The first-order chi connectivity index (χ1) is 17.9. The smallest absolute Gasteiger partial charge is 0.295 e. The predicted octanol–water partition coefficient (Wildman–Crippen LogP) is 6.57. The molecular weight excluding hydrogens is 482 g/mol. The van der Waals surface area contributed by atoms with Crippen molar-refractivity contribution in [2.75, 3.05) is 0 Å². The van der Waals surface area contributed by atoms with Crippen LogP contribution in [0.1, 0.15) is 38.7 Å². The molecule has 0 radical (unpaired) electrons. The minimum Gasteiger partial charge on any atom is -0.507 e. The molecule has 1 fully saturated rings. The monoisotopic (exact) mass is 509 g/mol. The number of Topliss-reactive ketones (excluding diaryl/α,β-unsaturated/α-hetero) is 1. The molecule has 0 spiro atoms. The van der Waals surface area contributed by atoms with Crippen LogP contribution in [0.2, 0.25) is 0 Å². The Balaban J connectivity index is 1.52. The number of thiophene rings is 1. The molecule has 5 rings (SSSR count). The van der Waals surface area contributed by atoms with Crippen molar-refractivity contribution in [1.29, 1.82) is 0 Å². The number of carbonyl (C=O) groups is 2. The molecule has 4 aromatic rings. The van der Waals surface area contributed by atoms with Crippen LogP contribution >= 0.6 is 11.3 Å². The number of amides is 1. The summed E-state index contributed by atoms with van der Waals surface area (Å²) in [6, 6.07) is 26.0. The number of aliphatic hydroxyl groups is 1. The summed E-state index contributed by atoms with van der Waals surface area (Å²) in [5.41, 5.74) is 4.21. The van der Waals surface area contributed by atoms with E-state index in [2.05, 4.69) is 0 Å². The molecule has 37 heavy (non-hydrogen) atoms. The van der Waals surface area contributed by atoms with Gasteiger partial charge in [-0.3, -0.25) is 9.59 Å². The Labute approximate surface area is 220 Å². The molecule has 3 aromatic carbocycles. The Morgan fingerprint density at radius 1 is 0.919 bits per heavy atom. The summed E-state index contributed by atoms with van der Waals surface area (Å²) >= 11 is 1.53. The zero-order valence-electron chi connectivity index (χ0n) is 20.7. The van der Waals surface area contributed by atoms with Crippen molar-refractivity contribution in [3.8, 4) is 5.75 Å². The van der Waals surface area contributed by atoms with Crippen molar-refractivity contribution >= 4 is 28.8 Å². The van der Waals surface area contributed by atoms with E-state index in [0.717, 1.165) is 27.1 Å². The molecule has 1 aliphatic heterocycles. The number of aryl methyl sites for hydroxylation is 2. The maximum absolute atomic E-state index is 13.3. The molecule has 1 amide bonds. The van der Waals surface area contributed by atoms with Gasteiger partial charge in [0.25, 0.3) is 11.7 Å². The lowest BCUT2D eigenvalue weighted by atomic mass is 9.92. The lowest BCUT2D eigenvalue weighted by Crippen LogP contribution is -2.29. The van der Waals surface area contributed by atoms with Gasteiger partial charge in [0.15, 0.2) is 0 Å². The normalized spacial score (nSPS) is 16.8. The van der Waals surface area contributed by atoms with Crippen molar-refractivity contribution in [2.24, 2.45) is 0 Å². The number of likely N-dealkylation sites (tertiary alicyclic amines) is 1. The van der Waals surface area contributed by atoms with E-state index in [0.29, 0.717) is 24.5 Å². The molecule has 0 saturated carbocycles. The fourth-order valence-corrected chi connectivity index (χ4v) is 5.38. The van der Waals surface area contributed by atoms with Crippen molar-refractivity contribution in [3.63, 3.8) is 0 Å². The average Bonchev–Trinajstić information content (AvgIpc) is 3.51. The molecule has 1 saturated heterocycles. The molecule has 5 nitrogen and oxygen atoms in total. The van der Waals surface area contributed by atoms with E-state index >= 15 is 0 Å². The standard InChI is InChI=1S/C31H27NO4S/c1-20-9-6-7-13-25(20)28-27(30(34)31(35)32(28)18-24-12-8-16-37-24)29(33)23-14-15-26(21(2)17-23)36-19-22-10-4-3-5-11-22/h3-17,28,33H,18-19H2,1-2H3/b29-27+. The lowest BCUT2D eigenvalue weighted by Gasteiger charge is -2.26. The molecule has 186 valence electrons. The lowest BCUT2D eigenvalue weighted by molar-refractivity contribution is -0.140. The first-order valence-corrected chi connectivity index (χ1v) is 13.0. The molecule has 1 N–H and O–H groups in total. The van der Waals surface area contributed by atoms with Crippen LogP contribution in [-0.4, -0.2) is 21.7 Å². The van der Waals surface area contributed by atoms with Gasteiger partial charge in [-0.05, 0) is 65.7 Å². The number of hydrogen-bond acceptors (Lipinski definition) is 5. The fraction of sp³-hybridized carbons (Fsp3) is 0.161. The van der Waals surface area contributed by atoms with Crippen molar-refractivity contribution < 1.29 is 19.4 Å². The highest BCUT2D eigenvalue weighted by Crippen LogP contribution is 2.42. The van der Waals surface area contributed by atoms with Gasteiger partial charge in [0.2, 0.25) is 0 Å².